The first-order chi connectivity index (χ1) is 13.2. The summed E-state index contributed by atoms with van der Waals surface area (Å²) in [6.07, 6.45) is 2.47. The van der Waals surface area contributed by atoms with Gasteiger partial charge in [-0.15, -0.1) is 0 Å². The maximum Gasteiger partial charge on any atom is 0.232 e. The highest BCUT2D eigenvalue weighted by molar-refractivity contribution is 5.80. The lowest BCUT2D eigenvalue weighted by atomic mass is 10.1. The fraction of sp³-hybridized carbons (Fsp3) is 0.318. The van der Waals surface area contributed by atoms with Crippen molar-refractivity contribution >= 4 is 5.91 Å². The number of aromatic nitrogens is 2. The maximum atomic E-state index is 12.7. The number of carbonyl (C=O) groups is 1. The Balaban J connectivity index is 1.36. The van der Waals surface area contributed by atoms with Crippen LogP contribution in [0.1, 0.15) is 47.4 Å². The van der Waals surface area contributed by atoms with Gasteiger partial charge in [0.1, 0.15) is 0 Å². The van der Waals surface area contributed by atoms with Crippen LogP contribution in [-0.4, -0.2) is 27.5 Å². The number of likely N-dealkylation sites (tertiary alicyclic amines) is 1. The van der Waals surface area contributed by atoms with E-state index in [1.807, 2.05) is 36.1 Å². The van der Waals surface area contributed by atoms with Crippen molar-refractivity contribution in [3.05, 3.63) is 71.1 Å². The van der Waals surface area contributed by atoms with Crippen molar-refractivity contribution in [2.75, 3.05) is 6.54 Å². The van der Waals surface area contributed by atoms with Gasteiger partial charge in [-0.2, -0.15) is 4.98 Å². The largest absolute Gasteiger partial charge is 0.339 e. The van der Waals surface area contributed by atoms with Crippen LogP contribution in [-0.2, 0) is 11.2 Å². The molecule has 1 aromatic heterocycles. The number of rotatable bonds is 3. The second kappa shape index (κ2) is 6.34. The number of nitrogens with zero attached hydrogens (tertiary/aromatic N) is 3. The summed E-state index contributed by atoms with van der Waals surface area (Å²) in [4.78, 5) is 19.3. The van der Waals surface area contributed by atoms with Gasteiger partial charge in [0.2, 0.25) is 17.6 Å². The Morgan fingerprint density at radius 2 is 1.93 bits per heavy atom. The van der Waals surface area contributed by atoms with Gasteiger partial charge in [-0.3, -0.25) is 4.79 Å². The molecule has 1 amide bonds. The van der Waals surface area contributed by atoms with Crippen LogP contribution < -0.4 is 0 Å². The molecule has 2 unspecified atom stereocenters. The summed E-state index contributed by atoms with van der Waals surface area (Å²) < 4.78 is 5.52. The zero-order valence-corrected chi connectivity index (χ0v) is 15.3. The molecule has 5 nitrogen and oxygen atoms in total. The number of fused-ring (bicyclic) bond motifs is 1. The van der Waals surface area contributed by atoms with E-state index in [0.717, 1.165) is 18.4 Å². The first-order valence-electron chi connectivity index (χ1n) is 9.47. The van der Waals surface area contributed by atoms with Crippen LogP contribution in [0.15, 0.2) is 53.1 Å². The molecule has 0 radical (unpaired) electrons. The average molecular weight is 359 g/mol. The van der Waals surface area contributed by atoms with Gasteiger partial charge in [0.05, 0.1) is 12.0 Å². The second-order valence-corrected chi connectivity index (χ2v) is 7.52. The third-order valence-corrected chi connectivity index (χ3v) is 5.74. The van der Waals surface area contributed by atoms with E-state index in [9.17, 15) is 4.79 Å². The highest BCUT2D eigenvalue weighted by atomic mass is 16.5. The predicted molar refractivity (Wildman–Crippen MR) is 101 cm³/mol. The van der Waals surface area contributed by atoms with Crippen LogP contribution in [0.5, 0.6) is 0 Å². The van der Waals surface area contributed by atoms with E-state index in [4.69, 9.17) is 4.52 Å². The molecule has 5 heteroatoms. The van der Waals surface area contributed by atoms with Gasteiger partial charge >= 0.3 is 0 Å². The smallest absolute Gasteiger partial charge is 0.232 e. The van der Waals surface area contributed by atoms with E-state index in [-0.39, 0.29) is 17.9 Å². The molecule has 0 spiro atoms. The predicted octanol–water partition coefficient (Wildman–Crippen LogP) is 4.05. The SMILES string of the molecule is Cc1ccc(-c2noc(C3CC(=O)N(C4CCc5ccccc54)C3)n2)cc1. The lowest BCUT2D eigenvalue weighted by molar-refractivity contribution is -0.129. The number of hydrogen-bond donors (Lipinski definition) is 0. The summed E-state index contributed by atoms with van der Waals surface area (Å²) in [6, 6.07) is 16.7. The molecule has 1 fully saturated rings. The highest BCUT2D eigenvalue weighted by Gasteiger charge is 2.40. The van der Waals surface area contributed by atoms with E-state index in [0.29, 0.717) is 24.7 Å². The zero-order chi connectivity index (χ0) is 18.4. The van der Waals surface area contributed by atoms with E-state index >= 15 is 0 Å². The molecule has 3 aromatic rings. The van der Waals surface area contributed by atoms with Gasteiger partial charge in [0.15, 0.2) is 0 Å². The highest BCUT2D eigenvalue weighted by Crippen LogP contribution is 2.40. The zero-order valence-electron chi connectivity index (χ0n) is 15.3. The van der Waals surface area contributed by atoms with Crippen LogP contribution in [0.3, 0.4) is 0 Å². The lowest BCUT2D eigenvalue weighted by Gasteiger charge is -2.25. The fourth-order valence-corrected chi connectivity index (χ4v) is 4.28. The maximum absolute atomic E-state index is 12.7. The number of benzene rings is 2. The van der Waals surface area contributed by atoms with E-state index in [1.165, 1.54) is 16.7 Å². The molecule has 2 atom stereocenters. The molecule has 136 valence electrons. The summed E-state index contributed by atoms with van der Waals surface area (Å²) >= 11 is 0. The molecule has 2 aliphatic rings. The van der Waals surface area contributed by atoms with Gasteiger partial charge in [0.25, 0.3) is 0 Å². The third kappa shape index (κ3) is 2.83. The molecule has 0 N–H and O–H groups in total. The quantitative estimate of drug-likeness (QED) is 0.708. The molecule has 2 heterocycles. The molecule has 2 aromatic carbocycles. The van der Waals surface area contributed by atoms with Gasteiger partial charge < -0.3 is 9.42 Å². The first kappa shape index (κ1) is 16.2. The van der Waals surface area contributed by atoms with Crippen LogP contribution in [0.4, 0.5) is 0 Å². The minimum Gasteiger partial charge on any atom is -0.339 e. The molecule has 1 aliphatic carbocycles. The van der Waals surface area contributed by atoms with Crippen molar-refractivity contribution in [3.63, 3.8) is 0 Å². The monoisotopic (exact) mass is 359 g/mol. The Labute approximate surface area is 158 Å². The Morgan fingerprint density at radius 3 is 2.78 bits per heavy atom. The Bertz CT molecular complexity index is 993. The van der Waals surface area contributed by atoms with Crippen molar-refractivity contribution in [2.24, 2.45) is 0 Å². The van der Waals surface area contributed by atoms with E-state index in [2.05, 4.69) is 34.4 Å². The van der Waals surface area contributed by atoms with Crippen molar-refractivity contribution in [1.82, 2.24) is 15.0 Å². The average Bonchev–Trinajstić information content (AvgIpc) is 3.40. The van der Waals surface area contributed by atoms with Gasteiger partial charge in [-0.1, -0.05) is 59.3 Å². The first-order valence-corrected chi connectivity index (χ1v) is 9.47. The third-order valence-electron chi connectivity index (χ3n) is 5.74. The van der Waals surface area contributed by atoms with E-state index in [1.54, 1.807) is 0 Å². The topological polar surface area (TPSA) is 59.2 Å². The van der Waals surface area contributed by atoms with Crippen LogP contribution in [0, 0.1) is 6.92 Å². The summed E-state index contributed by atoms with van der Waals surface area (Å²) in [7, 11) is 0. The van der Waals surface area contributed by atoms with Gasteiger partial charge in [-0.25, -0.2) is 0 Å². The van der Waals surface area contributed by atoms with Gasteiger partial charge in [-0.05, 0) is 30.9 Å². The molecular formula is C22H21N3O2. The van der Waals surface area contributed by atoms with Crippen LogP contribution >= 0.6 is 0 Å². The number of amides is 1. The number of aryl methyl sites for hydroxylation is 2. The standard InChI is InChI=1S/C22H21N3O2/c1-14-6-8-16(9-7-14)21-23-22(27-24-21)17-12-20(26)25(13-17)19-11-10-15-4-2-3-5-18(15)19/h2-9,17,19H,10-13H2,1H3. The summed E-state index contributed by atoms with van der Waals surface area (Å²) in [6.45, 7) is 2.69. The fourth-order valence-electron chi connectivity index (χ4n) is 4.28. The summed E-state index contributed by atoms with van der Waals surface area (Å²) in [5, 5.41) is 4.13. The van der Waals surface area contributed by atoms with Crippen molar-refractivity contribution < 1.29 is 9.32 Å². The second-order valence-electron chi connectivity index (χ2n) is 7.52. The summed E-state index contributed by atoms with van der Waals surface area (Å²) in [5.41, 5.74) is 4.77. The molecule has 1 saturated heterocycles. The molecule has 0 saturated carbocycles. The van der Waals surface area contributed by atoms with Crippen molar-refractivity contribution in [2.45, 2.75) is 38.1 Å². The lowest BCUT2D eigenvalue weighted by Crippen LogP contribution is -2.28. The molecule has 1 aliphatic heterocycles. The minimum atomic E-state index is -0.0306. The van der Waals surface area contributed by atoms with Gasteiger partial charge in [0, 0.05) is 18.5 Å². The minimum absolute atomic E-state index is 0.0306. The Kier molecular flexibility index (Phi) is 3.81. The van der Waals surface area contributed by atoms with Crippen molar-refractivity contribution in [3.8, 4) is 11.4 Å². The Morgan fingerprint density at radius 1 is 1.11 bits per heavy atom. The van der Waals surface area contributed by atoms with Crippen LogP contribution in [0.2, 0.25) is 0 Å². The molecule has 27 heavy (non-hydrogen) atoms. The normalized spacial score (nSPS) is 21.7. The van der Waals surface area contributed by atoms with Crippen molar-refractivity contribution in [1.29, 1.82) is 0 Å². The Hall–Kier alpha value is -2.95. The molecule has 0 bridgehead atoms. The summed E-state index contributed by atoms with van der Waals surface area (Å²) in [5.74, 6) is 1.29. The van der Waals surface area contributed by atoms with Crippen LogP contribution in [0.25, 0.3) is 11.4 Å². The molecule has 5 rings (SSSR count). The number of carbonyl (C=O) groups excluding carboxylic acids is 1. The van der Waals surface area contributed by atoms with E-state index < -0.39 is 0 Å². The molecular weight excluding hydrogens is 338 g/mol. The number of hydrogen-bond acceptors (Lipinski definition) is 4.